The minimum atomic E-state index is -0.0730. The number of anilines is 1. The maximum atomic E-state index is 12.5. The number of methoxy groups -OCH3 is 2. The van der Waals surface area contributed by atoms with Crippen LogP contribution in [0.15, 0.2) is 36.5 Å². The van der Waals surface area contributed by atoms with Crippen molar-refractivity contribution in [2.75, 3.05) is 38.8 Å². The Morgan fingerprint density at radius 2 is 1.85 bits per heavy atom. The summed E-state index contributed by atoms with van der Waals surface area (Å²) in [6.07, 6.45) is 6.07. The van der Waals surface area contributed by atoms with Gasteiger partial charge in [0.15, 0.2) is 11.5 Å². The molecule has 1 N–H and O–H groups in total. The fourth-order valence-corrected chi connectivity index (χ4v) is 3.31. The van der Waals surface area contributed by atoms with Crippen molar-refractivity contribution in [2.45, 2.75) is 25.7 Å². The highest BCUT2D eigenvalue weighted by Crippen LogP contribution is 2.27. The molecule has 0 atom stereocenters. The molecule has 27 heavy (non-hydrogen) atoms. The number of amides is 1. The van der Waals surface area contributed by atoms with E-state index < -0.39 is 0 Å². The van der Waals surface area contributed by atoms with Crippen molar-refractivity contribution in [1.29, 1.82) is 0 Å². The minimum Gasteiger partial charge on any atom is -0.493 e. The number of carbonyl (C=O) groups is 1. The van der Waals surface area contributed by atoms with E-state index in [0.29, 0.717) is 23.6 Å². The first-order valence-corrected chi connectivity index (χ1v) is 9.41. The van der Waals surface area contributed by atoms with E-state index in [-0.39, 0.29) is 5.91 Å². The van der Waals surface area contributed by atoms with Crippen LogP contribution in [0.25, 0.3) is 0 Å². The number of ether oxygens (including phenoxy) is 2. The Labute approximate surface area is 160 Å². The van der Waals surface area contributed by atoms with Gasteiger partial charge in [-0.05, 0) is 55.5 Å². The zero-order chi connectivity index (χ0) is 19.1. The second-order valence-electron chi connectivity index (χ2n) is 6.65. The van der Waals surface area contributed by atoms with Crippen LogP contribution in [0.2, 0.25) is 0 Å². The van der Waals surface area contributed by atoms with Crippen LogP contribution in [-0.4, -0.2) is 44.7 Å². The molecular weight excluding hydrogens is 342 g/mol. The Kier molecular flexibility index (Phi) is 6.52. The van der Waals surface area contributed by atoms with Gasteiger partial charge in [-0.1, -0.05) is 6.07 Å². The number of hydrogen-bond acceptors (Lipinski definition) is 5. The lowest BCUT2D eigenvalue weighted by atomic mass is 10.1. The molecule has 0 aliphatic carbocycles. The Morgan fingerprint density at radius 3 is 2.59 bits per heavy atom. The van der Waals surface area contributed by atoms with Crippen LogP contribution in [0, 0.1) is 0 Å². The van der Waals surface area contributed by atoms with Gasteiger partial charge in [0.25, 0.3) is 5.91 Å². The molecule has 1 saturated heterocycles. The monoisotopic (exact) mass is 369 g/mol. The van der Waals surface area contributed by atoms with Crippen LogP contribution in [-0.2, 0) is 6.42 Å². The molecule has 3 rings (SSSR count). The first-order valence-electron chi connectivity index (χ1n) is 9.41. The highest BCUT2D eigenvalue weighted by Gasteiger charge is 2.14. The van der Waals surface area contributed by atoms with Gasteiger partial charge >= 0.3 is 0 Å². The molecular formula is C21H27N3O3. The molecule has 2 heterocycles. The molecule has 0 saturated carbocycles. The van der Waals surface area contributed by atoms with Crippen molar-refractivity contribution in [1.82, 2.24) is 10.3 Å². The third-order valence-corrected chi connectivity index (χ3v) is 4.83. The molecule has 1 aromatic carbocycles. The fourth-order valence-electron chi connectivity index (χ4n) is 3.31. The third kappa shape index (κ3) is 4.90. The maximum Gasteiger partial charge on any atom is 0.251 e. The number of nitrogens with one attached hydrogen (secondary N) is 1. The van der Waals surface area contributed by atoms with Crippen LogP contribution in [0.3, 0.4) is 0 Å². The number of piperidine rings is 1. The van der Waals surface area contributed by atoms with Gasteiger partial charge in [0.05, 0.1) is 14.2 Å². The van der Waals surface area contributed by atoms with Crippen molar-refractivity contribution in [2.24, 2.45) is 0 Å². The number of pyridine rings is 1. The first-order chi connectivity index (χ1) is 13.2. The molecule has 1 aliphatic heterocycles. The van der Waals surface area contributed by atoms with Gasteiger partial charge in [0, 0.05) is 31.4 Å². The number of benzene rings is 1. The average molecular weight is 369 g/mol. The van der Waals surface area contributed by atoms with Gasteiger partial charge in [-0.25, -0.2) is 4.98 Å². The Morgan fingerprint density at radius 1 is 1.07 bits per heavy atom. The molecule has 144 valence electrons. The number of carbonyl (C=O) groups excluding carboxylic acids is 1. The summed E-state index contributed by atoms with van der Waals surface area (Å²) < 4.78 is 10.6. The molecule has 0 bridgehead atoms. The number of rotatable bonds is 7. The Hall–Kier alpha value is -2.76. The third-order valence-electron chi connectivity index (χ3n) is 4.83. The van der Waals surface area contributed by atoms with Crippen LogP contribution < -0.4 is 19.7 Å². The average Bonchev–Trinajstić information content (AvgIpc) is 2.74. The normalized spacial score (nSPS) is 13.9. The van der Waals surface area contributed by atoms with Gasteiger partial charge in [0.2, 0.25) is 0 Å². The number of hydrogen-bond donors (Lipinski definition) is 1. The first kappa shape index (κ1) is 19.0. The molecule has 0 spiro atoms. The lowest BCUT2D eigenvalue weighted by Crippen LogP contribution is -2.31. The van der Waals surface area contributed by atoms with E-state index in [1.165, 1.54) is 19.3 Å². The highest BCUT2D eigenvalue weighted by atomic mass is 16.5. The van der Waals surface area contributed by atoms with E-state index in [1.54, 1.807) is 26.5 Å². The predicted molar refractivity (Wildman–Crippen MR) is 106 cm³/mol. The summed E-state index contributed by atoms with van der Waals surface area (Å²) in [6, 6.07) is 9.44. The van der Waals surface area contributed by atoms with Crippen molar-refractivity contribution < 1.29 is 14.3 Å². The largest absolute Gasteiger partial charge is 0.493 e. The standard InChI is InChI=1S/C21H27N3O3/c1-26-18-7-6-16(14-19(18)27-2)8-10-23-21(25)17-9-11-22-20(15-17)24-12-4-3-5-13-24/h6-7,9,11,14-15H,3-5,8,10,12-13H2,1-2H3,(H,23,25). The lowest BCUT2D eigenvalue weighted by Gasteiger charge is -2.27. The van der Waals surface area contributed by atoms with Crippen LogP contribution in [0.1, 0.15) is 35.2 Å². The summed E-state index contributed by atoms with van der Waals surface area (Å²) in [7, 11) is 3.23. The van der Waals surface area contributed by atoms with E-state index in [9.17, 15) is 4.79 Å². The summed E-state index contributed by atoms with van der Waals surface area (Å²) in [6.45, 7) is 2.57. The summed E-state index contributed by atoms with van der Waals surface area (Å²) in [5.41, 5.74) is 1.73. The van der Waals surface area contributed by atoms with E-state index in [1.807, 2.05) is 24.3 Å². The Balaban J connectivity index is 1.56. The molecule has 6 heteroatoms. The summed E-state index contributed by atoms with van der Waals surface area (Å²) in [5, 5.41) is 2.99. The SMILES string of the molecule is COc1ccc(CCNC(=O)c2ccnc(N3CCCCC3)c2)cc1OC. The number of nitrogens with zero attached hydrogens (tertiary/aromatic N) is 2. The van der Waals surface area contributed by atoms with Crippen molar-refractivity contribution in [3.63, 3.8) is 0 Å². The van der Waals surface area contributed by atoms with Crippen LogP contribution >= 0.6 is 0 Å². The minimum absolute atomic E-state index is 0.0730. The molecule has 1 amide bonds. The molecule has 0 unspecified atom stereocenters. The molecule has 6 nitrogen and oxygen atoms in total. The van der Waals surface area contributed by atoms with Gasteiger partial charge in [-0.3, -0.25) is 4.79 Å². The van der Waals surface area contributed by atoms with Gasteiger partial charge in [-0.15, -0.1) is 0 Å². The zero-order valence-electron chi connectivity index (χ0n) is 16.0. The van der Waals surface area contributed by atoms with Crippen LogP contribution in [0.4, 0.5) is 5.82 Å². The Bertz CT molecular complexity index is 773. The van der Waals surface area contributed by atoms with Crippen molar-refractivity contribution >= 4 is 11.7 Å². The predicted octanol–water partition coefficient (Wildman–Crippen LogP) is 3.06. The topological polar surface area (TPSA) is 63.7 Å². The maximum absolute atomic E-state index is 12.5. The van der Waals surface area contributed by atoms with Crippen molar-refractivity contribution in [3.8, 4) is 11.5 Å². The molecule has 0 radical (unpaired) electrons. The highest BCUT2D eigenvalue weighted by molar-refractivity contribution is 5.94. The summed E-state index contributed by atoms with van der Waals surface area (Å²) >= 11 is 0. The molecule has 1 fully saturated rings. The van der Waals surface area contributed by atoms with Gasteiger partial charge in [0.1, 0.15) is 5.82 Å². The quantitative estimate of drug-likeness (QED) is 0.813. The van der Waals surface area contributed by atoms with E-state index >= 15 is 0 Å². The molecule has 1 aromatic heterocycles. The van der Waals surface area contributed by atoms with Crippen molar-refractivity contribution in [3.05, 3.63) is 47.7 Å². The van der Waals surface area contributed by atoms with Gasteiger partial charge in [-0.2, -0.15) is 0 Å². The van der Waals surface area contributed by atoms with Gasteiger partial charge < -0.3 is 19.7 Å². The second kappa shape index (κ2) is 9.26. The van der Waals surface area contributed by atoms with E-state index in [4.69, 9.17) is 9.47 Å². The fraction of sp³-hybridized carbons (Fsp3) is 0.429. The summed E-state index contributed by atoms with van der Waals surface area (Å²) in [4.78, 5) is 19.2. The zero-order valence-corrected chi connectivity index (χ0v) is 16.0. The smallest absolute Gasteiger partial charge is 0.251 e. The summed E-state index contributed by atoms with van der Waals surface area (Å²) in [5.74, 6) is 2.22. The second-order valence-corrected chi connectivity index (χ2v) is 6.65. The lowest BCUT2D eigenvalue weighted by molar-refractivity contribution is 0.0954. The number of aromatic nitrogens is 1. The van der Waals surface area contributed by atoms with Crippen LogP contribution in [0.5, 0.6) is 11.5 Å². The van der Waals surface area contributed by atoms with E-state index in [0.717, 1.165) is 30.9 Å². The molecule has 2 aromatic rings. The van der Waals surface area contributed by atoms with E-state index in [2.05, 4.69) is 15.2 Å². The molecule has 1 aliphatic rings.